The molecule has 0 atom stereocenters. The maximum Gasteiger partial charge on any atom is 0.416 e. The number of benzene rings is 1. The average Bonchev–Trinajstić information content (AvgIpc) is 2.38. The van der Waals surface area contributed by atoms with Gasteiger partial charge in [0, 0.05) is 19.1 Å². The SMILES string of the molecule is COc1cc(C(F)(F)F)ccc1CCC(CO)CO. The Balaban J connectivity index is 2.85. The molecule has 1 aromatic rings. The van der Waals surface area contributed by atoms with Crippen molar-refractivity contribution in [3.8, 4) is 5.75 Å². The first-order valence-electron chi connectivity index (χ1n) is 5.88. The fourth-order valence-electron chi connectivity index (χ4n) is 1.73. The minimum absolute atomic E-state index is 0.153. The Morgan fingerprint density at radius 2 is 1.84 bits per heavy atom. The first-order valence-corrected chi connectivity index (χ1v) is 5.88. The van der Waals surface area contributed by atoms with E-state index in [2.05, 4.69) is 0 Å². The largest absolute Gasteiger partial charge is 0.496 e. The van der Waals surface area contributed by atoms with E-state index in [-0.39, 0.29) is 24.9 Å². The molecule has 0 aromatic heterocycles. The molecule has 0 radical (unpaired) electrons. The van der Waals surface area contributed by atoms with Gasteiger partial charge in [-0.15, -0.1) is 0 Å². The van der Waals surface area contributed by atoms with E-state index in [1.807, 2.05) is 0 Å². The third-order valence-corrected chi connectivity index (χ3v) is 2.95. The monoisotopic (exact) mass is 278 g/mol. The van der Waals surface area contributed by atoms with Crippen LogP contribution in [0.1, 0.15) is 17.5 Å². The van der Waals surface area contributed by atoms with Gasteiger partial charge in [-0.3, -0.25) is 0 Å². The molecule has 2 N–H and O–H groups in total. The smallest absolute Gasteiger partial charge is 0.416 e. The molecule has 6 heteroatoms. The maximum atomic E-state index is 12.5. The van der Waals surface area contributed by atoms with Crippen molar-refractivity contribution in [2.45, 2.75) is 19.0 Å². The minimum Gasteiger partial charge on any atom is -0.496 e. The highest BCUT2D eigenvalue weighted by atomic mass is 19.4. The normalized spacial score (nSPS) is 11.9. The second-order valence-corrected chi connectivity index (χ2v) is 4.29. The molecule has 1 rings (SSSR count). The zero-order chi connectivity index (χ0) is 14.5. The van der Waals surface area contributed by atoms with E-state index in [9.17, 15) is 13.2 Å². The van der Waals surface area contributed by atoms with Crippen molar-refractivity contribution in [1.82, 2.24) is 0 Å². The van der Waals surface area contributed by atoms with Crippen LogP contribution in [-0.2, 0) is 12.6 Å². The van der Waals surface area contributed by atoms with Crippen LogP contribution in [0.15, 0.2) is 18.2 Å². The fourth-order valence-corrected chi connectivity index (χ4v) is 1.73. The molecule has 0 spiro atoms. The zero-order valence-electron chi connectivity index (χ0n) is 10.6. The number of aryl methyl sites for hydroxylation is 1. The summed E-state index contributed by atoms with van der Waals surface area (Å²) in [6.07, 6.45) is -3.48. The van der Waals surface area contributed by atoms with Gasteiger partial charge in [0.15, 0.2) is 0 Å². The molecule has 0 saturated carbocycles. The van der Waals surface area contributed by atoms with Crippen LogP contribution in [0.2, 0.25) is 0 Å². The summed E-state index contributed by atoms with van der Waals surface area (Å²) in [5.74, 6) is -0.101. The van der Waals surface area contributed by atoms with Crippen molar-refractivity contribution in [3.63, 3.8) is 0 Å². The van der Waals surface area contributed by atoms with Gasteiger partial charge in [-0.25, -0.2) is 0 Å². The molecular weight excluding hydrogens is 261 g/mol. The van der Waals surface area contributed by atoms with Crippen LogP contribution in [0.25, 0.3) is 0 Å². The van der Waals surface area contributed by atoms with Gasteiger partial charge in [0.25, 0.3) is 0 Å². The van der Waals surface area contributed by atoms with Crippen LogP contribution in [0.3, 0.4) is 0 Å². The zero-order valence-corrected chi connectivity index (χ0v) is 10.6. The molecule has 0 aliphatic carbocycles. The standard InChI is InChI=1S/C13H17F3O3/c1-19-12-6-11(13(14,15)16)5-4-10(12)3-2-9(7-17)8-18/h4-6,9,17-18H,2-3,7-8H2,1H3. The van der Waals surface area contributed by atoms with E-state index in [1.165, 1.54) is 13.2 Å². The predicted octanol–water partition coefficient (Wildman–Crippen LogP) is 2.25. The van der Waals surface area contributed by atoms with Gasteiger partial charge in [0.05, 0.1) is 12.7 Å². The van der Waals surface area contributed by atoms with Crippen LogP contribution in [0.5, 0.6) is 5.75 Å². The second kappa shape index (κ2) is 6.77. The molecule has 0 amide bonds. The number of rotatable bonds is 6. The summed E-state index contributed by atoms with van der Waals surface area (Å²) < 4.78 is 42.6. The second-order valence-electron chi connectivity index (χ2n) is 4.29. The van der Waals surface area contributed by atoms with Gasteiger partial charge in [0.1, 0.15) is 5.75 Å². The Labute approximate surface area is 109 Å². The van der Waals surface area contributed by atoms with Gasteiger partial charge in [-0.2, -0.15) is 13.2 Å². The topological polar surface area (TPSA) is 49.7 Å². The lowest BCUT2D eigenvalue weighted by molar-refractivity contribution is -0.137. The quantitative estimate of drug-likeness (QED) is 0.839. The predicted molar refractivity (Wildman–Crippen MR) is 64.0 cm³/mol. The van der Waals surface area contributed by atoms with Crippen LogP contribution in [0, 0.1) is 5.92 Å². The third kappa shape index (κ3) is 4.40. The highest BCUT2D eigenvalue weighted by Gasteiger charge is 2.31. The van der Waals surface area contributed by atoms with E-state index in [0.717, 1.165) is 12.1 Å². The highest BCUT2D eigenvalue weighted by Crippen LogP contribution is 2.33. The lowest BCUT2D eigenvalue weighted by atomic mass is 9.99. The summed E-state index contributed by atoms with van der Waals surface area (Å²) in [4.78, 5) is 0. The van der Waals surface area contributed by atoms with Crippen LogP contribution in [0.4, 0.5) is 13.2 Å². The number of hydrogen-bond acceptors (Lipinski definition) is 3. The third-order valence-electron chi connectivity index (χ3n) is 2.95. The van der Waals surface area contributed by atoms with E-state index in [4.69, 9.17) is 14.9 Å². The first kappa shape index (κ1) is 15.8. The number of aliphatic hydroxyl groups excluding tert-OH is 2. The van der Waals surface area contributed by atoms with Crippen LogP contribution < -0.4 is 4.74 Å². The average molecular weight is 278 g/mol. The highest BCUT2D eigenvalue weighted by molar-refractivity contribution is 5.38. The summed E-state index contributed by atoms with van der Waals surface area (Å²) >= 11 is 0. The summed E-state index contributed by atoms with van der Waals surface area (Å²) in [6, 6.07) is 3.33. The summed E-state index contributed by atoms with van der Waals surface area (Å²) in [5, 5.41) is 17.9. The van der Waals surface area contributed by atoms with Crippen molar-refractivity contribution >= 4 is 0 Å². The summed E-state index contributed by atoms with van der Waals surface area (Å²) in [7, 11) is 1.31. The van der Waals surface area contributed by atoms with Crippen LogP contribution >= 0.6 is 0 Å². The van der Waals surface area contributed by atoms with Gasteiger partial charge in [-0.05, 0) is 30.5 Å². The molecule has 0 heterocycles. The molecule has 1 aromatic carbocycles. The Morgan fingerprint density at radius 3 is 2.32 bits per heavy atom. The van der Waals surface area contributed by atoms with E-state index in [0.29, 0.717) is 18.4 Å². The molecule has 0 unspecified atom stereocenters. The maximum absolute atomic E-state index is 12.5. The molecule has 0 saturated heterocycles. The lowest BCUT2D eigenvalue weighted by Crippen LogP contribution is -2.12. The number of alkyl halides is 3. The van der Waals surface area contributed by atoms with E-state index >= 15 is 0 Å². The van der Waals surface area contributed by atoms with Gasteiger partial charge >= 0.3 is 6.18 Å². The molecule has 0 aliphatic heterocycles. The fraction of sp³-hybridized carbons (Fsp3) is 0.538. The van der Waals surface area contributed by atoms with Crippen molar-refractivity contribution in [2.24, 2.45) is 5.92 Å². The number of methoxy groups -OCH3 is 1. The first-order chi connectivity index (χ1) is 8.92. The number of halogens is 3. The Bertz CT molecular complexity index is 401. The van der Waals surface area contributed by atoms with Gasteiger partial charge in [-0.1, -0.05) is 6.07 Å². The molecule has 0 aliphatic rings. The van der Waals surface area contributed by atoms with Crippen molar-refractivity contribution in [2.75, 3.05) is 20.3 Å². The lowest BCUT2D eigenvalue weighted by Gasteiger charge is -2.14. The van der Waals surface area contributed by atoms with Crippen LogP contribution in [-0.4, -0.2) is 30.5 Å². The number of ether oxygens (including phenoxy) is 1. The van der Waals surface area contributed by atoms with Crippen molar-refractivity contribution in [1.29, 1.82) is 0 Å². The Kier molecular flexibility index (Phi) is 5.62. The molecule has 0 fully saturated rings. The Hall–Kier alpha value is -1.27. The van der Waals surface area contributed by atoms with E-state index in [1.54, 1.807) is 0 Å². The summed E-state index contributed by atoms with van der Waals surface area (Å²) in [5.41, 5.74) is -0.128. The van der Waals surface area contributed by atoms with Gasteiger partial charge < -0.3 is 14.9 Å². The summed E-state index contributed by atoms with van der Waals surface area (Å²) in [6.45, 7) is -0.307. The molecule has 0 bridgehead atoms. The van der Waals surface area contributed by atoms with Crippen molar-refractivity contribution in [3.05, 3.63) is 29.3 Å². The molecule has 108 valence electrons. The Morgan fingerprint density at radius 1 is 1.21 bits per heavy atom. The minimum atomic E-state index is -4.40. The molecule has 19 heavy (non-hydrogen) atoms. The molecular formula is C13H17F3O3. The van der Waals surface area contributed by atoms with E-state index < -0.39 is 11.7 Å². The van der Waals surface area contributed by atoms with Crippen molar-refractivity contribution < 1.29 is 28.1 Å². The number of hydrogen-bond donors (Lipinski definition) is 2. The molecule has 3 nitrogen and oxygen atoms in total. The van der Waals surface area contributed by atoms with Gasteiger partial charge in [0.2, 0.25) is 0 Å². The number of aliphatic hydroxyl groups is 2.